The Morgan fingerprint density at radius 1 is 1.23 bits per heavy atom. The van der Waals surface area contributed by atoms with E-state index in [-0.39, 0.29) is 12.4 Å². The quantitative estimate of drug-likeness (QED) is 0.774. The van der Waals surface area contributed by atoms with Crippen LogP contribution in [-0.2, 0) is 6.61 Å². The van der Waals surface area contributed by atoms with Crippen LogP contribution in [0.25, 0.3) is 0 Å². The fraction of sp³-hybridized carbons (Fsp3) is 0.333. The fourth-order valence-electron chi connectivity index (χ4n) is 1.05. The van der Waals surface area contributed by atoms with E-state index in [9.17, 15) is 4.39 Å². The second kappa shape index (κ2) is 4.09. The molecule has 0 aliphatic rings. The number of aliphatic hydroxyl groups is 1. The molecule has 0 saturated carbocycles. The van der Waals surface area contributed by atoms with Crippen LogP contribution in [0.2, 0.25) is 0 Å². The van der Waals surface area contributed by atoms with Gasteiger partial charge in [-0.15, -0.1) is 0 Å². The predicted molar refractivity (Wildman–Crippen MR) is 45.4 cm³/mol. The monoisotopic (exact) mass is 186 g/mol. The maximum absolute atomic E-state index is 13.1. The second-order valence-corrected chi connectivity index (χ2v) is 2.46. The molecule has 0 fully saturated rings. The van der Waals surface area contributed by atoms with Crippen molar-refractivity contribution in [3.63, 3.8) is 0 Å². The molecular weight excluding hydrogens is 175 g/mol. The fourth-order valence-corrected chi connectivity index (χ4v) is 1.05. The zero-order valence-electron chi connectivity index (χ0n) is 7.50. The molecular formula is C9H11FO3. The van der Waals surface area contributed by atoms with Crippen molar-refractivity contribution < 1.29 is 19.0 Å². The van der Waals surface area contributed by atoms with Gasteiger partial charge < -0.3 is 14.6 Å². The van der Waals surface area contributed by atoms with Crippen LogP contribution in [0.5, 0.6) is 11.5 Å². The van der Waals surface area contributed by atoms with Crippen LogP contribution in [0.4, 0.5) is 4.39 Å². The third-order valence-corrected chi connectivity index (χ3v) is 1.73. The highest BCUT2D eigenvalue weighted by Crippen LogP contribution is 2.27. The number of halogens is 1. The highest BCUT2D eigenvalue weighted by Gasteiger charge is 2.09. The molecule has 72 valence electrons. The molecule has 0 heterocycles. The van der Waals surface area contributed by atoms with Gasteiger partial charge >= 0.3 is 0 Å². The van der Waals surface area contributed by atoms with Crippen LogP contribution >= 0.6 is 0 Å². The molecule has 3 nitrogen and oxygen atoms in total. The minimum absolute atomic E-state index is 0.106. The van der Waals surface area contributed by atoms with E-state index in [0.29, 0.717) is 11.3 Å². The number of benzene rings is 1. The molecule has 0 unspecified atom stereocenters. The van der Waals surface area contributed by atoms with E-state index in [2.05, 4.69) is 0 Å². The number of hydrogen-bond donors (Lipinski definition) is 1. The summed E-state index contributed by atoms with van der Waals surface area (Å²) in [6.45, 7) is -0.260. The molecule has 0 radical (unpaired) electrons. The molecule has 13 heavy (non-hydrogen) atoms. The first-order valence-electron chi connectivity index (χ1n) is 3.74. The molecule has 0 aromatic heterocycles. The second-order valence-electron chi connectivity index (χ2n) is 2.46. The summed E-state index contributed by atoms with van der Waals surface area (Å²) in [5, 5.41) is 8.85. The smallest absolute Gasteiger partial charge is 0.165 e. The van der Waals surface area contributed by atoms with Gasteiger partial charge in [0.05, 0.1) is 20.8 Å². The number of rotatable bonds is 3. The average molecular weight is 186 g/mol. The summed E-state index contributed by atoms with van der Waals surface area (Å²) in [6.07, 6.45) is 0. The molecule has 1 rings (SSSR count). The summed E-state index contributed by atoms with van der Waals surface area (Å²) in [7, 11) is 2.82. The van der Waals surface area contributed by atoms with E-state index in [1.54, 1.807) is 0 Å². The van der Waals surface area contributed by atoms with Gasteiger partial charge in [0.25, 0.3) is 0 Å². The van der Waals surface area contributed by atoms with Crippen LogP contribution in [-0.4, -0.2) is 19.3 Å². The number of ether oxygens (including phenoxy) is 2. The average Bonchev–Trinajstić information content (AvgIpc) is 2.17. The highest BCUT2D eigenvalue weighted by molar-refractivity contribution is 5.41. The molecule has 1 aromatic rings. The van der Waals surface area contributed by atoms with E-state index in [1.807, 2.05) is 0 Å². The molecule has 0 aliphatic heterocycles. The molecule has 0 atom stereocenters. The molecule has 0 aliphatic carbocycles. The summed E-state index contributed by atoms with van der Waals surface area (Å²) >= 11 is 0. The number of aliphatic hydroxyl groups excluding tert-OH is 1. The minimum atomic E-state index is -0.507. The molecule has 0 spiro atoms. The molecule has 0 amide bonds. The third-order valence-electron chi connectivity index (χ3n) is 1.73. The zero-order valence-corrected chi connectivity index (χ0v) is 7.50. The Morgan fingerprint density at radius 2 is 1.85 bits per heavy atom. The SMILES string of the molecule is COc1cc(OC)c(CO)cc1F. The molecule has 1 aromatic carbocycles. The maximum Gasteiger partial charge on any atom is 0.165 e. The van der Waals surface area contributed by atoms with E-state index in [0.717, 1.165) is 0 Å². The summed E-state index contributed by atoms with van der Waals surface area (Å²) < 4.78 is 22.7. The largest absolute Gasteiger partial charge is 0.496 e. The molecule has 0 bridgehead atoms. The van der Waals surface area contributed by atoms with Gasteiger partial charge in [0, 0.05) is 11.6 Å². The Morgan fingerprint density at radius 3 is 2.31 bits per heavy atom. The van der Waals surface area contributed by atoms with Crippen molar-refractivity contribution in [3.05, 3.63) is 23.5 Å². The standard InChI is InChI=1S/C9H11FO3/c1-12-8-4-9(13-2)7(10)3-6(8)5-11/h3-4,11H,5H2,1-2H3. The van der Waals surface area contributed by atoms with E-state index in [1.165, 1.54) is 26.4 Å². The Bertz CT molecular complexity index is 299. The lowest BCUT2D eigenvalue weighted by Gasteiger charge is -2.09. The zero-order chi connectivity index (χ0) is 9.84. The van der Waals surface area contributed by atoms with Crippen molar-refractivity contribution in [2.24, 2.45) is 0 Å². The number of methoxy groups -OCH3 is 2. The van der Waals surface area contributed by atoms with Crippen LogP contribution in [0.3, 0.4) is 0 Å². The molecule has 0 saturated heterocycles. The molecule has 4 heteroatoms. The van der Waals surface area contributed by atoms with Gasteiger partial charge in [-0.3, -0.25) is 0 Å². The van der Waals surface area contributed by atoms with Gasteiger partial charge in [-0.25, -0.2) is 4.39 Å². The maximum atomic E-state index is 13.1. The van der Waals surface area contributed by atoms with Crippen molar-refractivity contribution in [1.29, 1.82) is 0 Å². The van der Waals surface area contributed by atoms with Crippen LogP contribution < -0.4 is 9.47 Å². The molecule has 1 N–H and O–H groups in total. The van der Waals surface area contributed by atoms with Gasteiger partial charge in [0.15, 0.2) is 11.6 Å². The normalized spacial score (nSPS) is 9.85. The van der Waals surface area contributed by atoms with Crippen LogP contribution in [0.1, 0.15) is 5.56 Å². The third kappa shape index (κ3) is 1.89. The van der Waals surface area contributed by atoms with E-state index >= 15 is 0 Å². The van der Waals surface area contributed by atoms with Gasteiger partial charge in [-0.05, 0) is 6.07 Å². The highest BCUT2D eigenvalue weighted by atomic mass is 19.1. The van der Waals surface area contributed by atoms with Gasteiger partial charge in [0.1, 0.15) is 5.75 Å². The Balaban J connectivity index is 3.18. The summed E-state index contributed by atoms with van der Waals surface area (Å²) in [5.74, 6) is 0.0159. The summed E-state index contributed by atoms with van der Waals surface area (Å²) in [4.78, 5) is 0. The lowest BCUT2D eigenvalue weighted by Crippen LogP contribution is -1.96. The van der Waals surface area contributed by atoms with Crippen molar-refractivity contribution in [2.45, 2.75) is 6.61 Å². The predicted octanol–water partition coefficient (Wildman–Crippen LogP) is 1.34. The summed E-state index contributed by atoms with van der Waals surface area (Å²) in [6, 6.07) is 2.60. The topological polar surface area (TPSA) is 38.7 Å². The van der Waals surface area contributed by atoms with Crippen LogP contribution in [0.15, 0.2) is 12.1 Å². The van der Waals surface area contributed by atoms with Gasteiger partial charge in [-0.1, -0.05) is 0 Å². The van der Waals surface area contributed by atoms with E-state index < -0.39 is 5.82 Å². The van der Waals surface area contributed by atoms with Crippen molar-refractivity contribution >= 4 is 0 Å². The van der Waals surface area contributed by atoms with Gasteiger partial charge in [-0.2, -0.15) is 0 Å². The lowest BCUT2D eigenvalue weighted by atomic mass is 10.2. The Kier molecular flexibility index (Phi) is 3.08. The Labute approximate surface area is 75.7 Å². The summed E-state index contributed by atoms with van der Waals surface area (Å²) in [5.41, 5.74) is 0.404. The van der Waals surface area contributed by atoms with Crippen molar-refractivity contribution in [1.82, 2.24) is 0 Å². The first-order valence-corrected chi connectivity index (χ1v) is 3.74. The Hall–Kier alpha value is -1.29. The van der Waals surface area contributed by atoms with Crippen molar-refractivity contribution in [2.75, 3.05) is 14.2 Å². The van der Waals surface area contributed by atoms with Gasteiger partial charge in [0.2, 0.25) is 0 Å². The van der Waals surface area contributed by atoms with E-state index in [4.69, 9.17) is 14.6 Å². The van der Waals surface area contributed by atoms with Crippen LogP contribution in [0, 0.1) is 5.82 Å². The van der Waals surface area contributed by atoms with Crippen molar-refractivity contribution in [3.8, 4) is 11.5 Å². The minimum Gasteiger partial charge on any atom is -0.496 e. The number of hydrogen-bond acceptors (Lipinski definition) is 3. The lowest BCUT2D eigenvalue weighted by molar-refractivity contribution is 0.272. The first kappa shape index (κ1) is 9.80. The first-order chi connectivity index (χ1) is 6.22.